The van der Waals surface area contributed by atoms with E-state index in [1.54, 1.807) is 6.92 Å². The molecule has 0 bridgehead atoms. The molecule has 0 aliphatic carbocycles. The van der Waals surface area contributed by atoms with E-state index >= 15 is 0 Å². The highest BCUT2D eigenvalue weighted by atomic mass is 19.1. The lowest BCUT2D eigenvalue weighted by Crippen LogP contribution is -2.56. The average molecular weight is 288 g/mol. The molecule has 1 aromatic rings. The molecule has 0 aromatic heterocycles. The highest BCUT2D eigenvalue weighted by Crippen LogP contribution is 2.23. The van der Waals surface area contributed by atoms with Crippen LogP contribution in [0.2, 0.25) is 0 Å². The molecule has 1 aliphatic heterocycles. The number of hydrogen-bond donors (Lipinski definition) is 1. The molecule has 1 heterocycles. The maximum atomic E-state index is 12.9. The Morgan fingerprint density at radius 3 is 2.52 bits per heavy atom. The fourth-order valence-corrected chi connectivity index (χ4v) is 2.07. The molecule has 2 rings (SSSR count). The van der Waals surface area contributed by atoms with Gasteiger partial charge in [0.1, 0.15) is 11.7 Å². The number of rotatable bonds is 3. The first-order valence-corrected chi connectivity index (χ1v) is 6.36. The summed E-state index contributed by atoms with van der Waals surface area (Å²) in [7, 11) is 0. The number of urea groups is 1. The molecule has 21 heavy (non-hydrogen) atoms. The van der Waals surface area contributed by atoms with Crippen molar-refractivity contribution in [2.75, 3.05) is 6.54 Å². The molecule has 1 atom stereocenters. The van der Waals surface area contributed by atoms with Crippen LogP contribution in [-0.2, 0) is 9.59 Å². The van der Waals surface area contributed by atoms with E-state index in [9.17, 15) is 18.8 Å². The van der Waals surface area contributed by atoms with Crippen LogP contribution in [0.4, 0.5) is 9.18 Å². The lowest BCUT2D eigenvalue weighted by molar-refractivity contribution is -0.138. The zero-order chi connectivity index (χ0) is 15.4. The Balaban J connectivity index is 2.25. The molecule has 0 spiro atoms. The Kier molecular flexibility index (Phi) is 4.33. The normalized spacial score (nSPS) is 18.1. The van der Waals surface area contributed by atoms with Crippen LogP contribution in [0.25, 0.3) is 0 Å². The minimum atomic E-state index is -1.14. The number of hydrogen-bond acceptors (Lipinski definition) is 3. The monoisotopic (exact) mass is 288 g/mol. The van der Waals surface area contributed by atoms with Crippen LogP contribution in [0, 0.1) is 17.7 Å². The first-order chi connectivity index (χ1) is 10.0. The maximum Gasteiger partial charge on any atom is 0.330 e. The number of nitrogens with one attached hydrogen (secondary N) is 1. The van der Waals surface area contributed by atoms with Crippen LogP contribution in [0.15, 0.2) is 24.3 Å². The molecule has 1 aliphatic rings. The Hall–Kier alpha value is -2.68. The van der Waals surface area contributed by atoms with E-state index in [1.165, 1.54) is 24.3 Å². The summed E-state index contributed by atoms with van der Waals surface area (Å²) in [4.78, 5) is 36.9. The quantitative estimate of drug-likeness (QED) is 0.675. The Morgan fingerprint density at radius 2 is 1.90 bits per heavy atom. The lowest BCUT2D eigenvalue weighted by Gasteiger charge is -2.29. The third-order valence-corrected chi connectivity index (χ3v) is 3.09. The molecular formula is C15H13FN2O3. The molecule has 6 heteroatoms. The summed E-state index contributed by atoms with van der Waals surface area (Å²) in [5, 5.41) is 2.14. The third-order valence-electron chi connectivity index (χ3n) is 3.09. The average Bonchev–Trinajstić information content (AvgIpc) is 2.44. The Morgan fingerprint density at radius 1 is 1.24 bits per heavy atom. The number of imide groups is 2. The summed E-state index contributed by atoms with van der Waals surface area (Å²) in [5.41, 5.74) is 0.345. The van der Waals surface area contributed by atoms with Gasteiger partial charge in [-0.3, -0.25) is 19.8 Å². The zero-order valence-electron chi connectivity index (χ0n) is 11.4. The van der Waals surface area contributed by atoms with Crippen LogP contribution in [-0.4, -0.2) is 29.3 Å². The number of nitrogens with zero attached hydrogens (tertiary/aromatic N) is 1. The highest BCUT2D eigenvalue weighted by Gasteiger charge is 2.40. The van der Waals surface area contributed by atoms with Crippen molar-refractivity contribution in [3.05, 3.63) is 35.6 Å². The second-order valence-corrected chi connectivity index (χ2v) is 4.45. The van der Waals surface area contributed by atoms with Gasteiger partial charge in [-0.25, -0.2) is 9.18 Å². The number of benzene rings is 1. The van der Waals surface area contributed by atoms with Gasteiger partial charge < -0.3 is 0 Å². The van der Waals surface area contributed by atoms with Crippen LogP contribution in [0.1, 0.15) is 24.8 Å². The van der Waals surface area contributed by atoms with Crippen molar-refractivity contribution in [3.63, 3.8) is 0 Å². The summed E-state index contributed by atoms with van der Waals surface area (Å²) in [5.74, 6) is 2.50. The molecule has 1 fully saturated rings. The van der Waals surface area contributed by atoms with Crippen molar-refractivity contribution in [3.8, 4) is 11.8 Å². The zero-order valence-corrected chi connectivity index (χ0v) is 11.4. The summed E-state index contributed by atoms with van der Waals surface area (Å²) >= 11 is 0. The van der Waals surface area contributed by atoms with Crippen molar-refractivity contribution < 1.29 is 18.8 Å². The minimum absolute atomic E-state index is 0.108. The van der Waals surface area contributed by atoms with Crippen LogP contribution < -0.4 is 5.32 Å². The van der Waals surface area contributed by atoms with E-state index in [2.05, 4.69) is 17.2 Å². The van der Waals surface area contributed by atoms with Gasteiger partial charge in [0.2, 0.25) is 11.8 Å². The molecule has 4 amide bonds. The van der Waals surface area contributed by atoms with Gasteiger partial charge in [0, 0.05) is 13.0 Å². The highest BCUT2D eigenvalue weighted by molar-refractivity contribution is 6.19. The molecule has 0 radical (unpaired) electrons. The van der Waals surface area contributed by atoms with E-state index in [0.29, 0.717) is 12.0 Å². The van der Waals surface area contributed by atoms with Crippen molar-refractivity contribution in [2.24, 2.45) is 0 Å². The summed E-state index contributed by atoms with van der Waals surface area (Å²) < 4.78 is 12.9. The SMILES string of the molecule is CC#CCCN1C(=O)NC(=O)C(c2ccc(F)cc2)C1=O. The smallest absolute Gasteiger partial charge is 0.277 e. The van der Waals surface area contributed by atoms with E-state index < -0.39 is 29.6 Å². The third kappa shape index (κ3) is 3.08. The summed E-state index contributed by atoms with van der Waals surface area (Å²) in [6, 6.07) is 4.30. The number of barbiturate groups is 1. The Labute approximate surface area is 121 Å². The van der Waals surface area contributed by atoms with Crippen molar-refractivity contribution in [1.82, 2.24) is 10.2 Å². The predicted molar refractivity (Wildman–Crippen MR) is 72.5 cm³/mol. The number of amides is 4. The van der Waals surface area contributed by atoms with Gasteiger partial charge in [0.05, 0.1) is 0 Å². The van der Waals surface area contributed by atoms with Crippen LogP contribution >= 0.6 is 0 Å². The molecule has 108 valence electrons. The van der Waals surface area contributed by atoms with Crippen LogP contribution in [0.5, 0.6) is 0 Å². The van der Waals surface area contributed by atoms with Gasteiger partial charge in [0.15, 0.2) is 0 Å². The number of halogens is 1. The number of carbonyl (C=O) groups excluding carboxylic acids is 3. The Bertz CT molecular complexity index is 643. The predicted octanol–water partition coefficient (Wildman–Crippen LogP) is 1.40. The van der Waals surface area contributed by atoms with E-state index in [4.69, 9.17) is 0 Å². The van der Waals surface area contributed by atoms with E-state index in [-0.39, 0.29) is 6.54 Å². The standard InChI is InChI=1S/C15H13FN2O3/c1-2-3-4-9-18-14(20)12(13(19)17-15(18)21)10-5-7-11(16)8-6-10/h5-8,12H,4,9H2,1H3,(H,17,19,21). The number of carbonyl (C=O) groups is 3. The minimum Gasteiger partial charge on any atom is -0.277 e. The summed E-state index contributed by atoms with van der Waals surface area (Å²) in [6.07, 6.45) is 0.333. The molecule has 1 N–H and O–H groups in total. The van der Waals surface area contributed by atoms with Gasteiger partial charge in [-0.15, -0.1) is 11.8 Å². The molecule has 5 nitrogen and oxygen atoms in total. The maximum absolute atomic E-state index is 12.9. The fraction of sp³-hybridized carbons (Fsp3) is 0.267. The van der Waals surface area contributed by atoms with Gasteiger partial charge in [0.25, 0.3) is 0 Å². The van der Waals surface area contributed by atoms with Gasteiger partial charge in [-0.2, -0.15) is 0 Å². The molecule has 0 saturated carbocycles. The molecule has 1 unspecified atom stereocenters. The molecular weight excluding hydrogens is 275 g/mol. The second kappa shape index (κ2) is 6.18. The first kappa shape index (κ1) is 14.7. The van der Waals surface area contributed by atoms with Crippen molar-refractivity contribution >= 4 is 17.8 Å². The van der Waals surface area contributed by atoms with Gasteiger partial charge >= 0.3 is 6.03 Å². The van der Waals surface area contributed by atoms with Crippen molar-refractivity contribution in [2.45, 2.75) is 19.3 Å². The van der Waals surface area contributed by atoms with Gasteiger partial charge in [-0.1, -0.05) is 12.1 Å². The van der Waals surface area contributed by atoms with Gasteiger partial charge in [-0.05, 0) is 24.6 Å². The summed E-state index contributed by atoms with van der Waals surface area (Å²) in [6.45, 7) is 1.76. The molecule has 1 saturated heterocycles. The van der Waals surface area contributed by atoms with Crippen LogP contribution in [0.3, 0.4) is 0 Å². The largest absolute Gasteiger partial charge is 0.330 e. The first-order valence-electron chi connectivity index (χ1n) is 6.36. The van der Waals surface area contributed by atoms with E-state index in [0.717, 1.165) is 4.90 Å². The van der Waals surface area contributed by atoms with E-state index in [1.807, 2.05) is 0 Å². The topological polar surface area (TPSA) is 66.5 Å². The fourth-order valence-electron chi connectivity index (χ4n) is 2.07. The lowest BCUT2D eigenvalue weighted by atomic mass is 9.95. The molecule has 1 aromatic carbocycles. The second-order valence-electron chi connectivity index (χ2n) is 4.45. The van der Waals surface area contributed by atoms with Crippen molar-refractivity contribution in [1.29, 1.82) is 0 Å².